The molecule has 0 aliphatic rings. The Kier molecular flexibility index (Phi) is 4.67. The third-order valence-electron chi connectivity index (χ3n) is 4.06. The van der Waals surface area contributed by atoms with Crippen molar-refractivity contribution in [3.63, 3.8) is 0 Å². The highest BCUT2D eigenvalue weighted by Gasteiger charge is 2.19. The molecule has 1 aromatic carbocycles. The highest BCUT2D eigenvalue weighted by molar-refractivity contribution is 6.30. The molecule has 0 spiro atoms. The van der Waals surface area contributed by atoms with Gasteiger partial charge in [-0.1, -0.05) is 24.3 Å². The Balaban J connectivity index is 2.18. The van der Waals surface area contributed by atoms with Crippen LogP contribution in [0.3, 0.4) is 0 Å². The van der Waals surface area contributed by atoms with Crippen molar-refractivity contribution >= 4 is 30.2 Å². The maximum atomic E-state index is 12.7. The molecule has 0 N–H and O–H groups in total. The Labute approximate surface area is 146 Å². The van der Waals surface area contributed by atoms with Gasteiger partial charge in [0.25, 0.3) is 5.91 Å². The van der Waals surface area contributed by atoms with Crippen LogP contribution in [0.4, 0.5) is 0 Å². The number of hydrogen-bond acceptors (Lipinski definition) is 4. The van der Waals surface area contributed by atoms with Crippen LogP contribution in [0, 0.1) is 0 Å². The first kappa shape index (κ1) is 16.9. The van der Waals surface area contributed by atoms with Crippen LogP contribution in [0.5, 0.6) is 0 Å². The number of fused-ring (bicyclic) bond motifs is 1. The summed E-state index contributed by atoms with van der Waals surface area (Å²) in [5, 5.41) is 1.53. The van der Waals surface area contributed by atoms with Gasteiger partial charge >= 0.3 is 0 Å². The third-order valence-corrected chi connectivity index (χ3v) is 4.06. The van der Waals surface area contributed by atoms with Crippen molar-refractivity contribution in [3.05, 3.63) is 70.1 Å². The fourth-order valence-corrected chi connectivity index (χ4v) is 2.74. The minimum Gasteiger partial charge on any atom is -0.340 e. The summed E-state index contributed by atoms with van der Waals surface area (Å²) in [6, 6.07) is 13.0. The summed E-state index contributed by atoms with van der Waals surface area (Å²) in [6.45, 7) is 0.458. The maximum Gasteiger partial charge on any atom is 0.282 e. The molecule has 6 nitrogen and oxygen atoms in total. The zero-order chi connectivity index (χ0) is 18.0. The molecule has 0 saturated carbocycles. The summed E-state index contributed by atoms with van der Waals surface area (Å²) in [7, 11) is 4.78. The van der Waals surface area contributed by atoms with Crippen molar-refractivity contribution in [1.82, 2.24) is 14.6 Å². The lowest BCUT2D eigenvalue weighted by Gasteiger charge is -2.16. The molecule has 0 aliphatic carbocycles. The topological polar surface area (TPSA) is 64.4 Å². The predicted molar refractivity (Wildman–Crippen MR) is 98.8 cm³/mol. The smallest absolute Gasteiger partial charge is 0.282 e. The average molecular weight is 335 g/mol. The summed E-state index contributed by atoms with van der Waals surface area (Å²) >= 11 is 0. The molecule has 25 heavy (non-hydrogen) atoms. The second kappa shape index (κ2) is 6.90. The molecule has 0 saturated heterocycles. The van der Waals surface area contributed by atoms with Crippen LogP contribution in [0.2, 0.25) is 0 Å². The van der Waals surface area contributed by atoms with E-state index in [1.165, 1.54) is 14.2 Å². The summed E-state index contributed by atoms with van der Waals surface area (Å²) in [6.07, 6.45) is 1.58. The first-order valence-electron chi connectivity index (χ1n) is 7.88. The highest BCUT2D eigenvalue weighted by atomic mass is 16.7. The van der Waals surface area contributed by atoms with E-state index in [2.05, 4.69) is 4.98 Å². The van der Waals surface area contributed by atoms with E-state index in [-0.39, 0.29) is 11.0 Å². The van der Waals surface area contributed by atoms with Gasteiger partial charge in [-0.25, -0.2) is 5.06 Å². The first-order chi connectivity index (χ1) is 12.0. The van der Waals surface area contributed by atoms with E-state index in [1.807, 2.05) is 42.7 Å². The zero-order valence-electron chi connectivity index (χ0n) is 14.4. The molecule has 0 bridgehead atoms. The molecular formula is C18H18BN3O3. The summed E-state index contributed by atoms with van der Waals surface area (Å²) < 4.78 is 1.87. The van der Waals surface area contributed by atoms with Gasteiger partial charge in [-0.05, 0) is 23.8 Å². The van der Waals surface area contributed by atoms with Crippen molar-refractivity contribution in [2.24, 2.45) is 0 Å². The van der Waals surface area contributed by atoms with Gasteiger partial charge in [-0.2, -0.15) is 0 Å². The number of hydrogen-bond donors (Lipinski definition) is 0. The lowest BCUT2D eigenvalue weighted by molar-refractivity contribution is -0.0758. The molecule has 3 aromatic rings. The van der Waals surface area contributed by atoms with E-state index >= 15 is 0 Å². The van der Waals surface area contributed by atoms with E-state index < -0.39 is 5.91 Å². The number of rotatable bonds is 4. The van der Waals surface area contributed by atoms with Crippen LogP contribution in [0.15, 0.2) is 53.5 Å². The van der Waals surface area contributed by atoms with Crippen LogP contribution < -0.4 is 11.0 Å². The van der Waals surface area contributed by atoms with Crippen molar-refractivity contribution in [3.8, 4) is 0 Å². The largest absolute Gasteiger partial charge is 0.340 e. The molecule has 2 aromatic heterocycles. The SMILES string of the molecule is Bc1cccc(Cn2cc(C(=O)N(C)OC)c(=O)c3ccccc32)n1. The first-order valence-corrected chi connectivity index (χ1v) is 7.88. The van der Waals surface area contributed by atoms with Gasteiger partial charge in [0, 0.05) is 18.6 Å². The predicted octanol–water partition coefficient (Wildman–Crippen LogP) is 0.337. The van der Waals surface area contributed by atoms with Crippen LogP contribution in [-0.4, -0.2) is 42.5 Å². The van der Waals surface area contributed by atoms with E-state index in [4.69, 9.17) is 4.84 Å². The molecule has 2 heterocycles. The van der Waals surface area contributed by atoms with Crippen LogP contribution in [0.1, 0.15) is 16.1 Å². The van der Waals surface area contributed by atoms with Gasteiger partial charge in [-0.3, -0.25) is 19.4 Å². The van der Waals surface area contributed by atoms with Crippen LogP contribution in [-0.2, 0) is 11.4 Å². The molecule has 0 aliphatic heterocycles. The van der Waals surface area contributed by atoms with Gasteiger partial charge < -0.3 is 4.57 Å². The molecule has 0 radical (unpaired) electrons. The highest BCUT2D eigenvalue weighted by Crippen LogP contribution is 2.14. The van der Waals surface area contributed by atoms with Crippen LogP contribution >= 0.6 is 0 Å². The molecule has 0 unspecified atom stereocenters. The van der Waals surface area contributed by atoms with Crippen LogP contribution in [0.25, 0.3) is 10.9 Å². The second-order valence-electron chi connectivity index (χ2n) is 5.77. The van der Waals surface area contributed by atoms with Gasteiger partial charge in [0.05, 0.1) is 24.9 Å². The summed E-state index contributed by atoms with van der Waals surface area (Å²) in [4.78, 5) is 34.6. The van der Waals surface area contributed by atoms with Gasteiger partial charge in [0.1, 0.15) is 5.56 Å². The second-order valence-corrected chi connectivity index (χ2v) is 5.77. The zero-order valence-corrected chi connectivity index (χ0v) is 14.4. The van der Waals surface area contributed by atoms with E-state index in [0.717, 1.165) is 21.9 Å². The number of aromatic nitrogens is 2. The molecule has 0 fully saturated rings. The van der Waals surface area contributed by atoms with E-state index in [0.29, 0.717) is 11.9 Å². The number of amides is 1. The Hall–Kier alpha value is -2.93. The Morgan fingerprint density at radius 1 is 1.24 bits per heavy atom. The number of pyridine rings is 2. The normalized spacial score (nSPS) is 10.8. The molecule has 126 valence electrons. The fourth-order valence-electron chi connectivity index (χ4n) is 2.74. The van der Waals surface area contributed by atoms with Gasteiger partial charge in [-0.15, -0.1) is 0 Å². The standard InChI is InChI=1S/C18H18BN3O3/c1-21(25-2)18(24)14-11-22(10-12-6-5-9-16(19)20-12)15-8-4-3-7-13(15)17(14)23/h3-9,11H,10,19H2,1-2H3. The lowest BCUT2D eigenvalue weighted by Crippen LogP contribution is -2.31. The minimum absolute atomic E-state index is 0.0655. The van der Waals surface area contributed by atoms with E-state index in [1.54, 1.807) is 18.3 Å². The number of hydroxylamine groups is 2. The van der Waals surface area contributed by atoms with Crippen molar-refractivity contribution in [1.29, 1.82) is 0 Å². The number of para-hydroxylation sites is 1. The molecule has 1 amide bonds. The fraction of sp³-hybridized carbons (Fsp3) is 0.167. The Bertz CT molecular complexity index is 1000. The lowest BCUT2D eigenvalue weighted by atomic mass is 10.0. The molecule has 7 heteroatoms. The number of carbonyl (C=O) groups is 1. The summed E-state index contributed by atoms with van der Waals surface area (Å²) in [5.41, 5.74) is 2.28. The number of benzene rings is 1. The average Bonchev–Trinajstić information content (AvgIpc) is 2.63. The molecule has 0 atom stereocenters. The van der Waals surface area contributed by atoms with Gasteiger partial charge in [0.15, 0.2) is 7.85 Å². The number of carbonyl (C=O) groups excluding carboxylic acids is 1. The number of nitrogens with zero attached hydrogens (tertiary/aromatic N) is 3. The van der Waals surface area contributed by atoms with Crippen molar-refractivity contribution < 1.29 is 9.63 Å². The maximum absolute atomic E-state index is 12.7. The van der Waals surface area contributed by atoms with Crippen molar-refractivity contribution in [2.45, 2.75) is 6.54 Å². The van der Waals surface area contributed by atoms with E-state index in [9.17, 15) is 9.59 Å². The van der Waals surface area contributed by atoms with Gasteiger partial charge in [0.2, 0.25) is 5.43 Å². The molecule has 3 rings (SSSR count). The molecular weight excluding hydrogens is 317 g/mol. The van der Waals surface area contributed by atoms with Crippen molar-refractivity contribution in [2.75, 3.05) is 14.2 Å². The monoisotopic (exact) mass is 335 g/mol. The Morgan fingerprint density at radius 3 is 2.72 bits per heavy atom. The Morgan fingerprint density at radius 2 is 2.00 bits per heavy atom. The summed E-state index contributed by atoms with van der Waals surface area (Å²) in [5.74, 6) is -0.482. The quantitative estimate of drug-likeness (QED) is 0.509. The minimum atomic E-state index is -0.482. The third kappa shape index (κ3) is 3.32.